The molecule has 0 aliphatic carbocycles. The maximum atomic E-state index is 12.5. The van der Waals surface area contributed by atoms with Crippen molar-refractivity contribution in [3.63, 3.8) is 0 Å². The number of nitrogens with zero attached hydrogens (tertiary/aromatic N) is 2. The standard InChI is InChI=1S/C23H24N2O7/c1-23(30,14-25-12-15-8-4-5-9-16(15)20(25)27)22(29)32-13-19(26)24(2)18-11-7-6-10-17(18)21(28)31-3/h4-11,30H,12-14H2,1-3H3/t23-/m1/s1. The van der Waals surface area contributed by atoms with Gasteiger partial charge in [0.05, 0.1) is 24.9 Å². The number of β-amino-alcohol motifs (C(OH)–C–C–N with tert-alkyl or cyclic N) is 1. The lowest BCUT2D eigenvalue weighted by Gasteiger charge is -2.27. The molecule has 9 nitrogen and oxygen atoms in total. The molecule has 1 N–H and O–H groups in total. The number of fused-ring (bicyclic) bond motifs is 1. The van der Waals surface area contributed by atoms with E-state index in [1.165, 1.54) is 32.0 Å². The number of anilines is 1. The molecule has 0 aromatic heterocycles. The van der Waals surface area contributed by atoms with Gasteiger partial charge in [-0.15, -0.1) is 0 Å². The van der Waals surface area contributed by atoms with Crippen molar-refractivity contribution in [1.29, 1.82) is 0 Å². The molecule has 0 bridgehead atoms. The number of ether oxygens (including phenoxy) is 2. The van der Waals surface area contributed by atoms with Gasteiger partial charge in [0, 0.05) is 19.2 Å². The van der Waals surface area contributed by atoms with Crippen molar-refractivity contribution in [1.82, 2.24) is 4.90 Å². The van der Waals surface area contributed by atoms with Crippen LogP contribution in [0.1, 0.15) is 33.2 Å². The van der Waals surface area contributed by atoms with Crippen molar-refractivity contribution in [2.45, 2.75) is 19.1 Å². The van der Waals surface area contributed by atoms with Crippen LogP contribution in [0.15, 0.2) is 48.5 Å². The first-order valence-corrected chi connectivity index (χ1v) is 9.86. The average molecular weight is 440 g/mol. The Labute approximate surface area is 185 Å². The molecule has 32 heavy (non-hydrogen) atoms. The van der Waals surface area contributed by atoms with Crippen LogP contribution in [0, 0.1) is 0 Å². The van der Waals surface area contributed by atoms with E-state index in [9.17, 15) is 24.3 Å². The van der Waals surface area contributed by atoms with Gasteiger partial charge in [-0.1, -0.05) is 30.3 Å². The summed E-state index contributed by atoms with van der Waals surface area (Å²) in [5.41, 5.74) is -0.218. The number of likely N-dealkylation sites (N-methyl/N-ethyl adjacent to an activating group) is 1. The van der Waals surface area contributed by atoms with Gasteiger partial charge in [-0.25, -0.2) is 9.59 Å². The molecule has 0 saturated carbocycles. The normalized spacial score (nSPS) is 14.4. The molecule has 2 amide bonds. The maximum absolute atomic E-state index is 12.5. The number of esters is 2. The molecular formula is C23H24N2O7. The van der Waals surface area contributed by atoms with Gasteiger partial charge in [-0.2, -0.15) is 0 Å². The zero-order valence-electron chi connectivity index (χ0n) is 18.0. The minimum absolute atomic E-state index is 0.177. The van der Waals surface area contributed by atoms with Crippen LogP contribution in [0.5, 0.6) is 0 Å². The van der Waals surface area contributed by atoms with Gasteiger partial charge in [0.2, 0.25) is 0 Å². The van der Waals surface area contributed by atoms with Gasteiger partial charge in [0.25, 0.3) is 11.8 Å². The Morgan fingerprint density at radius 1 is 1.12 bits per heavy atom. The molecule has 168 valence electrons. The third-order valence-corrected chi connectivity index (χ3v) is 5.21. The number of methoxy groups -OCH3 is 1. The van der Waals surface area contributed by atoms with Crippen molar-refractivity contribution < 1.29 is 33.8 Å². The maximum Gasteiger partial charge on any atom is 0.340 e. The molecule has 0 radical (unpaired) electrons. The van der Waals surface area contributed by atoms with Crippen molar-refractivity contribution >= 4 is 29.4 Å². The SMILES string of the molecule is COC(=O)c1ccccc1N(C)C(=O)COC(=O)[C@](C)(O)CN1Cc2ccccc2C1=O. The van der Waals surface area contributed by atoms with E-state index < -0.39 is 30.1 Å². The highest BCUT2D eigenvalue weighted by molar-refractivity contribution is 6.03. The highest BCUT2D eigenvalue weighted by Gasteiger charge is 2.39. The summed E-state index contributed by atoms with van der Waals surface area (Å²) in [6, 6.07) is 13.4. The first kappa shape index (κ1) is 23.0. The van der Waals surface area contributed by atoms with Crippen LogP contribution in [0.4, 0.5) is 5.69 Å². The topological polar surface area (TPSA) is 113 Å². The minimum atomic E-state index is -2.01. The summed E-state index contributed by atoms with van der Waals surface area (Å²) in [6.45, 7) is 0.556. The third kappa shape index (κ3) is 4.62. The van der Waals surface area contributed by atoms with Crippen molar-refractivity contribution in [2.75, 3.05) is 32.2 Å². The summed E-state index contributed by atoms with van der Waals surface area (Å²) in [5.74, 6) is -2.56. The summed E-state index contributed by atoms with van der Waals surface area (Å²) in [4.78, 5) is 51.9. The van der Waals surface area contributed by atoms with E-state index in [2.05, 4.69) is 0 Å². The Morgan fingerprint density at radius 3 is 2.47 bits per heavy atom. The first-order valence-electron chi connectivity index (χ1n) is 9.86. The van der Waals surface area contributed by atoms with Gasteiger partial charge in [0.15, 0.2) is 12.2 Å². The van der Waals surface area contributed by atoms with Crippen LogP contribution in [0.25, 0.3) is 0 Å². The van der Waals surface area contributed by atoms with Crippen LogP contribution in [-0.2, 0) is 25.6 Å². The van der Waals surface area contributed by atoms with Crippen LogP contribution in [-0.4, -0.2) is 66.7 Å². The molecule has 3 rings (SSSR count). The van der Waals surface area contributed by atoms with E-state index >= 15 is 0 Å². The molecule has 1 heterocycles. The largest absolute Gasteiger partial charge is 0.465 e. The monoisotopic (exact) mass is 440 g/mol. The lowest BCUT2D eigenvalue weighted by atomic mass is 10.1. The Balaban J connectivity index is 1.61. The molecule has 0 unspecified atom stereocenters. The van der Waals surface area contributed by atoms with Crippen molar-refractivity contribution in [3.05, 3.63) is 65.2 Å². The zero-order chi connectivity index (χ0) is 23.5. The zero-order valence-corrected chi connectivity index (χ0v) is 18.0. The number of rotatable bonds is 7. The van der Waals surface area contributed by atoms with Gasteiger partial charge in [-0.05, 0) is 30.7 Å². The van der Waals surface area contributed by atoms with Crippen LogP contribution in [0.2, 0.25) is 0 Å². The molecule has 2 aromatic rings. The Bertz CT molecular complexity index is 1060. The highest BCUT2D eigenvalue weighted by Crippen LogP contribution is 2.25. The van der Waals surface area contributed by atoms with E-state index in [1.807, 2.05) is 6.07 Å². The number of carbonyl (C=O) groups excluding carboxylic acids is 4. The molecule has 2 aromatic carbocycles. The number of hydrogen-bond donors (Lipinski definition) is 1. The fourth-order valence-electron chi connectivity index (χ4n) is 3.44. The Morgan fingerprint density at radius 2 is 1.78 bits per heavy atom. The van der Waals surface area contributed by atoms with Crippen molar-refractivity contribution in [2.24, 2.45) is 0 Å². The Hall–Kier alpha value is -3.72. The fourth-order valence-corrected chi connectivity index (χ4v) is 3.44. The summed E-state index contributed by atoms with van der Waals surface area (Å²) in [6.07, 6.45) is 0. The second-order valence-electron chi connectivity index (χ2n) is 7.63. The number of benzene rings is 2. The van der Waals surface area contributed by atoms with Crippen LogP contribution >= 0.6 is 0 Å². The molecule has 1 aliphatic rings. The molecule has 1 aliphatic heterocycles. The lowest BCUT2D eigenvalue weighted by molar-refractivity contribution is -0.166. The van der Waals surface area contributed by atoms with Crippen LogP contribution in [0.3, 0.4) is 0 Å². The van der Waals surface area contributed by atoms with E-state index in [0.29, 0.717) is 5.56 Å². The van der Waals surface area contributed by atoms with E-state index in [1.54, 1.807) is 36.4 Å². The average Bonchev–Trinajstić information content (AvgIpc) is 3.10. The lowest BCUT2D eigenvalue weighted by Crippen LogP contribution is -2.48. The molecular weight excluding hydrogens is 416 g/mol. The smallest absolute Gasteiger partial charge is 0.340 e. The molecule has 0 saturated heterocycles. The molecule has 1 atom stereocenters. The second kappa shape index (κ2) is 9.19. The summed E-state index contributed by atoms with van der Waals surface area (Å²) in [5, 5.41) is 10.6. The predicted octanol–water partition coefficient (Wildman–Crippen LogP) is 1.39. The number of carbonyl (C=O) groups is 4. The summed E-state index contributed by atoms with van der Waals surface area (Å²) < 4.78 is 9.74. The quantitative estimate of drug-likeness (QED) is 0.647. The van der Waals surface area contributed by atoms with Crippen molar-refractivity contribution in [3.8, 4) is 0 Å². The first-order chi connectivity index (χ1) is 15.2. The molecule has 0 fully saturated rings. The van der Waals surface area contributed by atoms with E-state index in [0.717, 1.165) is 10.5 Å². The second-order valence-corrected chi connectivity index (χ2v) is 7.63. The third-order valence-electron chi connectivity index (χ3n) is 5.21. The number of hydrogen-bond acceptors (Lipinski definition) is 7. The minimum Gasteiger partial charge on any atom is -0.465 e. The van der Waals surface area contributed by atoms with E-state index in [4.69, 9.17) is 9.47 Å². The van der Waals surface area contributed by atoms with Gasteiger partial charge < -0.3 is 24.4 Å². The fraction of sp³-hybridized carbons (Fsp3) is 0.304. The van der Waals surface area contributed by atoms with Gasteiger partial charge >= 0.3 is 11.9 Å². The van der Waals surface area contributed by atoms with Gasteiger partial charge in [-0.3, -0.25) is 9.59 Å². The van der Waals surface area contributed by atoms with E-state index in [-0.39, 0.29) is 30.2 Å². The number of amides is 2. The summed E-state index contributed by atoms with van der Waals surface area (Å²) in [7, 11) is 2.66. The predicted molar refractivity (Wildman–Crippen MR) is 114 cm³/mol. The summed E-state index contributed by atoms with van der Waals surface area (Å²) >= 11 is 0. The Kier molecular flexibility index (Phi) is 6.59. The number of aliphatic hydroxyl groups is 1. The van der Waals surface area contributed by atoms with Gasteiger partial charge in [0.1, 0.15) is 0 Å². The van der Waals surface area contributed by atoms with Crippen LogP contribution < -0.4 is 4.90 Å². The molecule has 0 spiro atoms. The number of para-hydroxylation sites is 1. The molecule has 9 heteroatoms. The highest BCUT2D eigenvalue weighted by atomic mass is 16.6.